The van der Waals surface area contributed by atoms with Crippen LogP contribution in [0.3, 0.4) is 0 Å². The van der Waals surface area contributed by atoms with Crippen molar-refractivity contribution < 1.29 is 23.5 Å². The minimum atomic E-state index is -0.723. The molecule has 1 aromatic carbocycles. The topological polar surface area (TPSA) is 86.6 Å². The average molecular weight is 519 g/mol. The molecule has 0 radical (unpaired) electrons. The molecule has 198 valence electrons. The molecule has 4 rings (SSSR count). The molecule has 8 nitrogen and oxygen atoms in total. The highest BCUT2D eigenvalue weighted by Gasteiger charge is 2.24. The standard InChI is InChI=1S/C29H31FN4O4/c1-28(2,3)37-26(35)33(7)24-13-12-21(25(30)32-24)18-8-10-19(11-9-18)22-16-20-14-15-31-17-23(20)34(22)27(36)38-29(4,5)6/h8-17H,1-7H3. The zero-order valence-corrected chi connectivity index (χ0v) is 22.6. The number of fused-ring (bicyclic) bond motifs is 1. The van der Waals surface area contributed by atoms with Crippen LogP contribution in [0, 0.1) is 5.95 Å². The zero-order valence-electron chi connectivity index (χ0n) is 22.6. The lowest BCUT2D eigenvalue weighted by molar-refractivity contribution is 0.0544. The Balaban J connectivity index is 1.65. The first-order chi connectivity index (χ1) is 17.7. The van der Waals surface area contributed by atoms with Crippen LogP contribution in [0.25, 0.3) is 33.3 Å². The molecule has 0 saturated heterocycles. The minimum Gasteiger partial charge on any atom is -0.443 e. The van der Waals surface area contributed by atoms with Gasteiger partial charge in [0.05, 0.1) is 17.4 Å². The van der Waals surface area contributed by atoms with E-state index in [1.54, 1.807) is 69.6 Å². The highest BCUT2D eigenvalue weighted by atomic mass is 19.1. The van der Waals surface area contributed by atoms with Gasteiger partial charge in [-0.3, -0.25) is 9.88 Å². The van der Waals surface area contributed by atoms with Crippen LogP contribution in [0.15, 0.2) is 60.9 Å². The van der Waals surface area contributed by atoms with E-state index >= 15 is 4.39 Å². The average Bonchev–Trinajstić information content (AvgIpc) is 3.21. The predicted octanol–water partition coefficient (Wildman–Crippen LogP) is 7.06. The fourth-order valence-corrected chi connectivity index (χ4v) is 3.84. The second-order valence-electron chi connectivity index (χ2n) is 10.9. The molecule has 3 aromatic heterocycles. The maximum Gasteiger partial charge on any atom is 0.419 e. The fourth-order valence-electron chi connectivity index (χ4n) is 3.84. The van der Waals surface area contributed by atoms with Gasteiger partial charge >= 0.3 is 12.2 Å². The number of hydrogen-bond donors (Lipinski definition) is 0. The van der Waals surface area contributed by atoms with Gasteiger partial charge in [0.25, 0.3) is 0 Å². The van der Waals surface area contributed by atoms with Crippen LogP contribution < -0.4 is 4.90 Å². The summed E-state index contributed by atoms with van der Waals surface area (Å²) in [4.78, 5) is 34.7. The van der Waals surface area contributed by atoms with Gasteiger partial charge in [-0.25, -0.2) is 19.1 Å². The SMILES string of the molecule is CN(C(=O)OC(C)(C)C)c1ccc(-c2ccc(-c3cc4ccncc4n3C(=O)OC(C)(C)C)cc2)c(F)n1. The second-order valence-corrected chi connectivity index (χ2v) is 10.9. The lowest BCUT2D eigenvalue weighted by Crippen LogP contribution is -2.34. The van der Waals surface area contributed by atoms with Gasteiger partial charge in [-0.1, -0.05) is 24.3 Å². The number of hydrogen-bond acceptors (Lipinski definition) is 6. The van der Waals surface area contributed by atoms with E-state index in [1.807, 2.05) is 32.9 Å². The number of benzene rings is 1. The second kappa shape index (κ2) is 9.89. The van der Waals surface area contributed by atoms with Gasteiger partial charge in [-0.2, -0.15) is 4.39 Å². The van der Waals surface area contributed by atoms with Crippen LogP contribution in [0.1, 0.15) is 41.5 Å². The molecule has 9 heteroatoms. The van der Waals surface area contributed by atoms with Gasteiger partial charge in [0.15, 0.2) is 0 Å². The Hall–Kier alpha value is -4.27. The summed E-state index contributed by atoms with van der Waals surface area (Å²) in [5, 5.41) is 0.838. The highest BCUT2D eigenvalue weighted by Crippen LogP contribution is 2.32. The minimum absolute atomic E-state index is 0.132. The van der Waals surface area contributed by atoms with Crippen LogP contribution in [0.4, 0.5) is 19.8 Å². The Morgan fingerprint density at radius 2 is 1.53 bits per heavy atom. The normalized spacial score (nSPS) is 11.9. The summed E-state index contributed by atoms with van der Waals surface area (Å²) in [6, 6.07) is 13.9. The first-order valence-electron chi connectivity index (χ1n) is 12.2. The summed E-state index contributed by atoms with van der Waals surface area (Å²) in [6.07, 6.45) is 2.14. The molecule has 3 heterocycles. The number of anilines is 1. The number of aromatic nitrogens is 3. The molecule has 0 bridgehead atoms. The van der Waals surface area contributed by atoms with E-state index in [9.17, 15) is 9.59 Å². The summed E-state index contributed by atoms with van der Waals surface area (Å²) in [7, 11) is 1.48. The third kappa shape index (κ3) is 5.82. The summed E-state index contributed by atoms with van der Waals surface area (Å²) in [5.74, 6) is -0.591. The molecule has 0 unspecified atom stereocenters. The molecule has 38 heavy (non-hydrogen) atoms. The molecule has 1 amide bonds. The molecule has 0 aliphatic carbocycles. The monoisotopic (exact) mass is 518 g/mol. The van der Waals surface area contributed by atoms with Crippen LogP contribution in [0.2, 0.25) is 0 Å². The maximum atomic E-state index is 15.0. The Morgan fingerprint density at radius 1 is 0.895 bits per heavy atom. The number of ether oxygens (including phenoxy) is 2. The van der Waals surface area contributed by atoms with Crippen molar-refractivity contribution in [2.45, 2.75) is 52.7 Å². The van der Waals surface area contributed by atoms with Crippen molar-refractivity contribution >= 4 is 28.9 Å². The summed E-state index contributed by atoms with van der Waals surface area (Å²) >= 11 is 0. The van der Waals surface area contributed by atoms with Crippen LogP contribution in [0.5, 0.6) is 0 Å². The summed E-state index contributed by atoms with van der Waals surface area (Å²) in [6.45, 7) is 10.7. The van der Waals surface area contributed by atoms with E-state index in [0.29, 0.717) is 16.8 Å². The number of rotatable bonds is 3. The van der Waals surface area contributed by atoms with Crippen molar-refractivity contribution in [2.24, 2.45) is 0 Å². The van der Waals surface area contributed by atoms with Crippen LogP contribution in [-0.4, -0.2) is 45.0 Å². The predicted molar refractivity (Wildman–Crippen MR) is 145 cm³/mol. The van der Waals surface area contributed by atoms with E-state index in [2.05, 4.69) is 9.97 Å². The number of carbonyl (C=O) groups excluding carboxylic acids is 2. The van der Waals surface area contributed by atoms with Gasteiger partial charge in [0, 0.05) is 24.2 Å². The molecule has 0 atom stereocenters. The van der Waals surface area contributed by atoms with Gasteiger partial charge in [0.1, 0.15) is 17.0 Å². The molecule has 0 spiro atoms. The van der Waals surface area contributed by atoms with Crippen molar-refractivity contribution in [3.63, 3.8) is 0 Å². The van der Waals surface area contributed by atoms with E-state index < -0.39 is 29.3 Å². The highest BCUT2D eigenvalue weighted by molar-refractivity contribution is 5.96. The first-order valence-corrected chi connectivity index (χ1v) is 12.2. The van der Waals surface area contributed by atoms with Gasteiger partial charge in [-0.05, 0) is 76.9 Å². The van der Waals surface area contributed by atoms with Gasteiger partial charge in [-0.15, -0.1) is 0 Å². The largest absolute Gasteiger partial charge is 0.443 e. The van der Waals surface area contributed by atoms with Crippen molar-refractivity contribution in [3.05, 3.63) is 66.9 Å². The van der Waals surface area contributed by atoms with Crippen molar-refractivity contribution in [1.82, 2.24) is 14.5 Å². The Kier molecular flexibility index (Phi) is 6.97. The lowest BCUT2D eigenvalue weighted by atomic mass is 10.0. The van der Waals surface area contributed by atoms with Gasteiger partial charge < -0.3 is 9.47 Å². The Labute approximate surface area is 221 Å². The lowest BCUT2D eigenvalue weighted by Gasteiger charge is -2.24. The molecule has 4 aromatic rings. The molecule has 0 fully saturated rings. The number of amides is 1. The van der Waals surface area contributed by atoms with Crippen molar-refractivity contribution in [3.8, 4) is 22.4 Å². The summed E-state index contributed by atoms with van der Waals surface area (Å²) < 4.78 is 27.5. The number of pyridine rings is 2. The molecule has 0 aliphatic rings. The van der Waals surface area contributed by atoms with E-state index in [1.165, 1.54) is 11.6 Å². The maximum absolute atomic E-state index is 15.0. The molecular weight excluding hydrogens is 487 g/mol. The third-order valence-corrected chi connectivity index (χ3v) is 5.52. The Morgan fingerprint density at radius 3 is 2.13 bits per heavy atom. The van der Waals surface area contributed by atoms with Crippen LogP contribution >= 0.6 is 0 Å². The van der Waals surface area contributed by atoms with Gasteiger partial charge in [0.2, 0.25) is 5.95 Å². The molecule has 0 N–H and O–H groups in total. The zero-order chi connectivity index (χ0) is 27.8. The van der Waals surface area contributed by atoms with Crippen LogP contribution in [-0.2, 0) is 9.47 Å². The molecule has 0 saturated carbocycles. The van der Waals surface area contributed by atoms with Crippen molar-refractivity contribution in [2.75, 3.05) is 11.9 Å². The third-order valence-electron chi connectivity index (χ3n) is 5.52. The van der Waals surface area contributed by atoms with E-state index in [4.69, 9.17) is 9.47 Å². The smallest absolute Gasteiger partial charge is 0.419 e. The number of nitrogens with zero attached hydrogens (tertiary/aromatic N) is 4. The first kappa shape index (κ1) is 26.8. The quantitative estimate of drug-likeness (QED) is 0.270. The fraction of sp³-hybridized carbons (Fsp3) is 0.310. The van der Waals surface area contributed by atoms with E-state index in [-0.39, 0.29) is 11.4 Å². The number of halogens is 1. The molecular formula is C29H31FN4O4. The van der Waals surface area contributed by atoms with Crippen molar-refractivity contribution in [1.29, 1.82) is 0 Å². The number of carbonyl (C=O) groups is 2. The summed E-state index contributed by atoms with van der Waals surface area (Å²) in [5.41, 5.74) is 1.50. The Bertz CT molecular complexity index is 1500. The molecule has 0 aliphatic heterocycles. The van der Waals surface area contributed by atoms with E-state index in [0.717, 1.165) is 15.8 Å².